The molecule has 1 aromatic carbocycles. The maximum atomic E-state index is 11.8. The lowest BCUT2D eigenvalue weighted by Crippen LogP contribution is -2.49. The molecule has 2 atom stereocenters. The first-order valence-electron chi connectivity index (χ1n) is 7.35. The highest BCUT2D eigenvalue weighted by Crippen LogP contribution is 2.14. The summed E-state index contributed by atoms with van der Waals surface area (Å²) in [5, 5.41) is 11.7. The Morgan fingerprint density at radius 3 is 2.76 bits per heavy atom. The monoisotopic (exact) mass is 290 g/mol. The molecule has 0 spiro atoms. The van der Waals surface area contributed by atoms with Gasteiger partial charge in [0.2, 0.25) is 5.91 Å². The van der Waals surface area contributed by atoms with E-state index in [1.54, 1.807) is 0 Å². The van der Waals surface area contributed by atoms with Gasteiger partial charge in [-0.25, -0.2) is 0 Å². The molecule has 0 radical (unpaired) electrons. The number of carboxylic acids is 1. The van der Waals surface area contributed by atoms with Crippen LogP contribution in [0.4, 0.5) is 0 Å². The number of likely N-dealkylation sites (tertiary alicyclic amines) is 1. The van der Waals surface area contributed by atoms with E-state index in [0.29, 0.717) is 0 Å². The van der Waals surface area contributed by atoms with Gasteiger partial charge in [-0.3, -0.25) is 14.5 Å². The SMILES string of the molecule is CC(C(=O)O)C(=O)NC1CCCN(Cc2ccccc2)C1. The predicted molar refractivity (Wildman–Crippen MR) is 79.7 cm³/mol. The van der Waals surface area contributed by atoms with Gasteiger partial charge in [-0.05, 0) is 31.9 Å². The Labute approximate surface area is 125 Å². The normalized spacial score (nSPS) is 20.7. The molecule has 1 aliphatic heterocycles. The van der Waals surface area contributed by atoms with E-state index in [0.717, 1.165) is 32.5 Å². The van der Waals surface area contributed by atoms with Gasteiger partial charge in [0.1, 0.15) is 5.92 Å². The van der Waals surface area contributed by atoms with Crippen LogP contribution in [0.15, 0.2) is 30.3 Å². The smallest absolute Gasteiger partial charge is 0.315 e. The van der Waals surface area contributed by atoms with Crippen molar-refractivity contribution < 1.29 is 14.7 Å². The van der Waals surface area contributed by atoms with Gasteiger partial charge in [-0.15, -0.1) is 0 Å². The topological polar surface area (TPSA) is 69.6 Å². The Morgan fingerprint density at radius 1 is 1.38 bits per heavy atom. The minimum absolute atomic E-state index is 0.0387. The van der Waals surface area contributed by atoms with E-state index in [2.05, 4.69) is 22.3 Å². The molecule has 1 fully saturated rings. The number of hydrogen-bond acceptors (Lipinski definition) is 3. The molecule has 1 saturated heterocycles. The zero-order valence-electron chi connectivity index (χ0n) is 12.3. The van der Waals surface area contributed by atoms with Crippen LogP contribution in [0.1, 0.15) is 25.3 Å². The van der Waals surface area contributed by atoms with Crippen LogP contribution >= 0.6 is 0 Å². The number of carbonyl (C=O) groups excluding carboxylic acids is 1. The van der Waals surface area contributed by atoms with Crippen LogP contribution in [-0.2, 0) is 16.1 Å². The zero-order valence-corrected chi connectivity index (χ0v) is 12.3. The number of nitrogens with one attached hydrogen (secondary N) is 1. The van der Waals surface area contributed by atoms with Crippen molar-refractivity contribution in [1.82, 2.24) is 10.2 Å². The van der Waals surface area contributed by atoms with Gasteiger partial charge < -0.3 is 10.4 Å². The van der Waals surface area contributed by atoms with E-state index in [1.807, 2.05) is 18.2 Å². The van der Waals surface area contributed by atoms with Gasteiger partial charge in [0.05, 0.1) is 0 Å². The molecule has 1 aromatic rings. The fourth-order valence-corrected chi connectivity index (χ4v) is 2.60. The third-order valence-corrected chi connectivity index (χ3v) is 3.86. The number of aliphatic carboxylic acids is 1. The molecule has 2 N–H and O–H groups in total. The first-order chi connectivity index (χ1) is 10.1. The van der Waals surface area contributed by atoms with Crippen LogP contribution in [0.5, 0.6) is 0 Å². The number of hydrogen-bond donors (Lipinski definition) is 2. The Balaban J connectivity index is 1.86. The van der Waals surface area contributed by atoms with Crippen molar-refractivity contribution in [1.29, 1.82) is 0 Å². The van der Waals surface area contributed by atoms with E-state index >= 15 is 0 Å². The Hall–Kier alpha value is -1.88. The number of amides is 1. The van der Waals surface area contributed by atoms with Crippen molar-refractivity contribution in [3.05, 3.63) is 35.9 Å². The van der Waals surface area contributed by atoms with Crippen LogP contribution in [0, 0.1) is 5.92 Å². The fraction of sp³-hybridized carbons (Fsp3) is 0.500. The Morgan fingerprint density at radius 2 is 2.10 bits per heavy atom. The maximum absolute atomic E-state index is 11.8. The molecule has 0 bridgehead atoms. The maximum Gasteiger partial charge on any atom is 0.315 e. The minimum Gasteiger partial charge on any atom is -0.481 e. The van der Waals surface area contributed by atoms with E-state index in [-0.39, 0.29) is 6.04 Å². The number of carbonyl (C=O) groups is 2. The number of nitrogens with zero attached hydrogens (tertiary/aromatic N) is 1. The third-order valence-electron chi connectivity index (χ3n) is 3.86. The number of benzene rings is 1. The zero-order chi connectivity index (χ0) is 15.2. The second kappa shape index (κ2) is 7.22. The molecule has 114 valence electrons. The molecule has 1 amide bonds. The van der Waals surface area contributed by atoms with Crippen molar-refractivity contribution in [3.8, 4) is 0 Å². The molecule has 2 rings (SSSR count). The molecule has 2 unspecified atom stereocenters. The summed E-state index contributed by atoms with van der Waals surface area (Å²) < 4.78 is 0. The van der Waals surface area contributed by atoms with Crippen LogP contribution in [0.2, 0.25) is 0 Å². The highest BCUT2D eigenvalue weighted by Gasteiger charge is 2.26. The molecular weight excluding hydrogens is 268 g/mol. The molecule has 5 heteroatoms. The molecule has 0 aromatic heterocycles. The van der Waals surface area contributed by atoms with E-state index in [1.165, 1.54) is 12.5 Å². The Kier molecular flexibility index (Phi) is 5.33. The van der Waals surface area contributed by atoms with Gasteiger partial charge in [0, 0.05) is 19.1 Å². The van der Waals surface area contributed by atoms with E-state index < -0.39 is 17.8 Å². The predicted octanol–water partition coefficient (Wildman–Crippen LogP) is 1.49. The van der Waals surface area contributed by atoms with Crippen LogP contribution in [0.3, 0.4) is 0 Å². The average molecular weight is 290 g/mol. The molecular formula is C16H22N2O3. The minimum atomic E-state index is -1.08. The van der Waals surface area contributed by atoms with Gasteiger partial charge >= 0.3 is 5.97 Å². The summed E-state index contributed by atoms with van der Waals surface area (Å²) in [4.78, 5) is 24.9. The van der Waals surface area contributed by atoms with Gasteiger partial charge in [0.15, 0.2) is 0 Å². The first-order valence-corrected chi connectivity index (χ1v) is 7.35. The van der Waals surface area contributed by atoms with E-state index in [9.17, 15) is 9.59 Å². The Bertz CT molecular complexity index is 490. The summed E-state index contributed by atoms with van der Waals surface area (Å²) in [6.07, 6.45) is 1.92. The van der Waals surface area contributed by atoms with Gasteiger partial charge in [0.25, 0.3) is 0 Å². The quantitative estimate of drug-likeness (QED) is 0.806. The van der Waals surface area contributed by atoms with Gasteiger partial charge in [-0.1, -0.05) is 30.3 Å². The highest BCUT2D eigenvalue weighted by molar-refractivity contribution is 5.96. The fourth-order valence-electron chi connectivity index (χ4n) is 2.60. The molecule has 21 heavy (non-hydrogen) atoms. The van der Waals surface area contributed by atoms with Crippen molar-refractivity contribution >= 4 is 11.9 Å². The molecule has 1 heterocycles. The molecule has 5 nitrogen and oxygen atoms in total. The summed E-state index contributed by atoms with van der Waals surface area (Å²) in [6, 6.07) is 10.3. The second-order valence-corrected chi connectivity index (χ2v) is 5.63. The van der Waals surface area contributed by atoms with Crippen LogP contribution < -0.4 is 5.32 Å². The van der Waals surface area contributed by atoms with Crippen molar-refractivity contribution in [2.45, 2.75) is 32.4 Å². The van der Waals surface area contributed by atoms with E-state index in [4.69, 9.17) is 5.11 Å². The largest absolute Gasteiger partial charge is 0.481 e. The van der Waals surface area contributed by atoms with Crippen LogP contribution in [-0.4, -0.2) is 41.0 Å². The van der Waals surface area contributed by atoms with Crippen molar-refractivity contribution in [2.75, 3.05) is 13.1 Å². The summed E-state index contributed by atoms with van der Waals surface area (Å²) in [7, 11) is 0. The molecule has 0 aliphatic carbocycles. The summed E-state index contributed by atoms with van der Waals surface area (Å²) in [5.74, 6) is -2.46. The second-order valence-electron chi connectivity index (χ2n) is 5.63. The summed E-state index contributed by atoms with van der Waals surface area (Å²) in [6.45, 7) is 4.06. The molecule has 0 saturated carbocycles. The average Bonchev–Trinajstić information content (AvgIpc) is 2.47. The number of piperidine rings is 1. The lowest BCUT2D eigenvalue weighted by atomic mass is 10.0. The van der Waals surface area contributed by atoms with Gasteiger partial charge in [-0.2, -0.15) is 0 Å². The lowest BCUT2D eigenvalue weighted by molar-refractivity contribution is -0.146. The first kappa shape index (κ1) is 15.5. The highest BCUT2D eigenvalue weighted by atomic mass is 16.4. The number of carboxylic acid groups (broad SMARTS) is 1. The standard InChI is InChI=1S/C16H22N2O3/c1-12(16(20)21)15(19)17-14-8-5-9-18(11-14)10-13-6-3-2-4-7-13/h2-4,6-7,12,14H,5,8-11H2,1H3,(H,17,19)(H,20,21). The summed E-state index contributed by atoms with van der Waals surface area (Å²) >= 11 is 0. The summed E-state index contributed by atoms with van der Waals surface area (Å²) in [5.41, 5.74) is 1.25. The van der Waals surface area contributed by atoms with Crippen LogP contribution in [0.25, 0.3) is 0 Å². The molecule has 1 aliphatic rings. The lowest BCUT2D eigenvalue weighted by Gasteiger charge is -2.33. The van der Waals surface area contributed by atoms with Crippen molar-refractivity contribution in [2.24, 2.45) is 5.92 Å². The number of rotatable bonds is 5. The third kappa shape index (κ3) is 4.56. The van der Waals surface area contributed by atoms with Crippen molar-refractivity contribution in [3.63, 3.8) is 0 Å².